The number of benzene rings is 1. The van der Waals surface area contributed by atoms with Crippen LogP contribution in [0.4, 0.5) is 10.5 Å². The third-order valence-electron chi connectivity index (χ3n) is 3.09. The van der Waals surface area contributed by atoms with Gasteiger partial charge >= 0.3 is 6.03 Å². The molecule has 4 heteroatoms. The maximum absolute atomic E-state index is 11.9. The minimum Gasteiger partial charge on any atom is -0.334 e. The van der Waals surface area contributed by atoms with E-state index in [2.05, 4.69) is 27.8 Å². The van der Waals surface area contributed by atoms with Crippen molar-refractivity contribution >= 4 is 11.7 Å². The maximum atomic E-state index is 11.9. The van der Waals surface area contributed by atoms with Crippen molar-refractivity contribution in [3.05, 3.63) is 58.9 Å². The Hall–Kier alpha value is -2.36. The first-order valence-electron chi connectivity index (χ1n) is 6.58. The highest BCUT2D eigenvalue weighted by Gasteiger charge is 2.07. The van der Waals surface area contributed by atoms with Crippen LogP contribution in [0.5, 0.6) is 0 Å². The number of nitrogens with zero attached hydrogens (tertiary/aromatic N) is 1. The molecule has 2 N–H and O–H groups in total. The number of amides is 2. The van der Waals surface area contributed by atoms with Gasteiger partial charge in [0.05, 0.1) is 0 Å². The fraction of sp³-hybridized carbons (Fsp3) is 0.250. The van der Waals surface area contributed by atoms with Gasteiger partial charge in [0.2, 0.25) is 0 Å². The summed E-state index contributed by atoms with van der Waals surface area (Å²) in [6.45, 7) is 6.50. The molecule has 0 saturated heterocycles. The summed E-state index contributed by atoms with van der Waals surface area (Å²) in [4.78, 5) is 15.9. The van der Waals surface area contributed by atoms with E-state index in [4.69, 9.17) is 0 Å². The van der Waals surface area contributed by atoms with E-state index in [0.29, 0.717) is 6.54 Å². The van der Waals surface area contributed by atoms with Crippen LogP contribution in [0, 0.1) is 20.8 Å². The third-order valence-corrected chi connectivity index (χ3v) is 3.09. The highest BCUT2D eigenvalue weighted by molar-refractivity contribution is 5.91. The lowest BCUT2D eigenvalue weighted by Gasteiger charge is -2.13. The molecule has 0 radical (unpaired) electrons. The van der Waals surface area contributed by atoms with Gasteiger partial charge in [-0.2, -0.15) is 0 Å². The predicted molar refractivity (Wildman–Crippen MR) is 80.7 cm³/mol. The molecule has 0 aliphatic heterocycles. The molecule has 0 bridgehead atoms. The molecule has 2 rings (SSSR count). The van der Waals surface area contributed by atoms with Gasteiger partial charge in [-0.05, 0) is 43.5 Å². The number of nitrogens with one attached hydrogen (secondary N) is 2. The molecule has 0 spiro atoms. The number of carbonyl (C=O) groups excluding carboxylic acids is 1. The van der Waals surface area contributed by atoms with E-state index in [1.54, 1.807) is 12.4 Å². The zero-order valence-electron chi connectivity index (χ0n) is 12.0. The summed E-state index contributed by atoms with van der Waals surface area (Å²) in [6, 6.07) is 7.69. The quantitative estimate of drug-likeness (QED) is 0.898. The first kappa shape index (κ1) is 14.1. The summed E-state index contributed by atoms with van der Waals surface area (Å²) in [5.41, 5.74) is 5.18. The molecule has 20 heavy (non-hydrogen) atoms. The van der Waals surface area contributed by atoms with E-state index >= 15 is 0 Å². The van der Waals surface area contributed by atoms with Crippen molar-refractivity contribution in [3.63, 3.8) is 0 Å². The molecule has 0 atom stereocenters. The number of pyridine rings is 1. The van der Waals surface area contributed by atoms with Crippen LogP contribution >= 0.6 is 0 Å². The van der Waals surface area contributed by atoms with Crippen LogP contribution in [0.15, 0.2) is 36.7 Å². The first-order chi connectivity index (χ1) is 9.56. The zero-order chi connectivity index (χ0) is 14.5. The van der Waals surface area contributed by atoms with Crippen LogP contribution in [0.25, 0.3) is 0 Å². The van der Waals surface area contributed by atoms with Gasteiger partial charge in [0, 0.05) is 24.6 Å². The average Bonchev–Trinajstić information content (AvgIpc) is 2.42. The summed E-state index contributed by atoms with van der Waals surface area (Å²) < 4.78 is 0. The second kappa shape index (κ2) is 6.19. The Morgan fingerprint density at radius 3 is 2.50 bits per heavy atom. The molecule has 1 aromatic heterocycles. The molecule has 0 unspecified atom stereocenters. The van der Waals surface area contributed by atoms with Gasteiger partial charge in [0.25, 0.3) is 0 Å². The second-order valence-corrected chi connectivity index (χ2v) is 4.94. The van der Waals surface area contributed by atoms with Gasteiger partial charge in [0.15, 0.2) is 0 Å². The number of hydrogen-bond acceptors (Lipinski definition) is 2. The molecular weight excluding hydrogens is 250 g/mol. The van der Waals surface area contributed by atoms with Gasteiger partial charge in [-0.3, -0.25) is 4.98 Å². The number of aryl methyl sites for hydroxylation is 3. The summed E-state index contributed by atoms with van der Waals surface area (Å²) in [5.74, 6) is 0. The van der Waals surface area contributed by atoms with Crippen molar-refractivity contribution in [2.75, 3.05) is 5.32 Å². The minimum atomic E-state index is -0.205. The average molecular weight is 269 g/mol. The number of hydrogen-bond donors (Lipinski definition) is 2. The molecule has 4 nitrogen and oxygen atoms in total. The number of anilines is 1. The van der Waals surface area contributed by atoms with Crippen molar-refractivity contribution in [2.45, 2.75) is 27.3 Å². The lowest BCUT2D eigenvalue weighted by Crippen LogP contribution is -2.28. The Balaban J connectivity index is 1.98. The monoisotopic (exact) mass is 269 g/mol. The van der Waals surface area contributed by atoms with Gasteiger partial charge < -0.3 is 10.6 Å². The van der Waals surface area contributed by atoms with Crippen molar-refractivity contribution in [2.24, 2.45) is 0 Å². The maximum Gasteiger partial charge on any atom is 0.319 e. The highest BCUT2D eigenvalue weighted by Crippen LogP contribution is 2.21. The Morgan fingerprint density at radius 2 is 1.90 bits per heavy atom. The first-order valence-corrected chi connectivity index (χ1v) is 6.58. The zero-order valence-corrected chi connectivity index (χ0v) is 12.0. The molecule has 0 aliphatic carbocycles. The lowest BCUT2D eigenvalue weighted by molar-refractivity contribution is 0.251. The minimum absolute atomic E-state index is 0.205. The van der Waals surface area contributed by atoms with E-state index < -0.39 is 0 Å². The molecule has 0 saturated carbocycles. The highest BCUT2D eigenvalue weighted by atomic mass is 16.2. The summed E-state index contributed by atoms with van der Waals surface area (Å²) in [7, 11) is 0. The fourth-order valence-electron chi connectivity index (χ4n) is 2.22. The van der Waals surface area contributed by atoms with Crippen LogP contribution in [-0.2, 0) is 6.54 Å². The molecule has 0 fully saturated rings. The Labute approximate surface area is 119 Å². The number of aromatic nitrogens is 1. The molecule has 2 amide bonds. The molecule has 104 valence electrons. The topological polar surface area (TPSA) is 54.0 Å². The van der Waals surface area contributed by atoms with E-state index in [1.807, 2.05) is 32.9 Å². The third kappa shape index (κ3) is 3.57. The van der Waals surface area contributed by atoms with Gasteiger partial charge in [0.1, 0.15) is 0 Å². The fourth-order valence-corrected chi connectivity index (χ4v) is 2.22. The normalized spacial score (nSPS) is 10.2. The van der Waals surface area contributed by atoms with E-state index in [1.165, 1.54) is 5.56 Å². The van der Waals surface area contributed by atoms with Gasteiger partial charge in [-0.15, -0.1) is 0 Å². The summed E-state index contributed by atoms with van der Waals surface area (Å²) in [6.07, 6.45) is 3.45. The largest absolute Gasteiger partial charge is 0.334 e. The molecule has 1 aromatic carbocycles. The molecular formula is C16H19N3O. The van der Waals surface area contributed by atoms with Crippen LogP contribution in [0.3, 0.4) is 0 Å². The molecule has 1 heterocycles. The van der Waals surface area contributed by atoms with Gasteiger partial charge in [-0.25, -0.2) is 4.79 Å². The van der Waals surface area contributed by atoms with Crippen LogP contribution < -0.4 is 10.6 Å². The molecule has 0 aliphatic rings. The van der Waals surface area contributed by atoms with Crippen molar-refractivity contribution in [1.82, 2.24) is 10.3 Å². The number of rotatable bonds is 3. The Kier molecular flexibility index (Phi) is 4.35. The number of urea groups is 1. The standard InChI is InChI=1S/C16H19N3O/c1-11-7-12(2)15(13(3)8-11)19-16(20)18-10-14-5-4-6-17-9-14/h4-9H,10H2,1-3H3,(H2,18,19,20). The summed E-state index contributed by atoms with van der Waals surface area (Å²) in [5, 5.41) is 5.73. The van der Waals surface area contributed by atoms with E-state index in [0.717, 1.165) is 22.4 Å². The van der Waals surface area contributed by atoms with Crippen molar-refractivity contribution < 1.29 is 4.79 Å². The van der Waals surface area contributed by atoms with E-state index in [-0.39, 0.29) is 6.03 Å². The smallest absolute Gasteiger partial charge is 0.319 e. The van der Waals surface area contributed by atoms with Crippen LogP contribution in [-0.4, -0.2) is 11.0 Å². The Morgan fingerprint density at radius 1 is 1.20 bits per heavy atom. The Bertz CT molecular complexity index is 585. The van der Waals surface area contributed by atoms with Crippen molar-refractivity contribution in [3.8, 4) is 0 Å². The molecule has 2 aromatic rings. The van der Waals surface area contributed by atoms with Gasteiger partial charge in [-0.1, -0.05) is 23.8 Å². The number of carbonyl (C=O) groups is 1. The summed E-state index contributed by atoms with van der Waals surface area (Å²) >= 11 is 0. The second-order valence-electron chi connectivity index (χ2n) is 4.94. The van der Waals surface area contributed by atoms with Crippen LogP contribution in [0.2, 0.25) is 0 Å². The van der Waals surface area contributed by atoms with E-state index in [9.17, 15) is 4.79 Å². The van der Waals surface area contributed by atoms with Crippen molar-refractivity contribution in [1.29, 1.82) is 0 Å². The predicted octanol–water partition coefficient (Wildman–Crippen LogP) is 3.33. The lowest BCUT2D eigenvalue weighted by atomic mass is 10.1. The SMILES string of the molecule is Cc1cc(C)c(NC(=O)NCc2cccnc2)c(C)c1. The van der Waals surface area contributed by atoms with Crippen LogP contribution in [0.1, 0.15) is 22.3 Å².